The molecule has 0 spiro atoms. The van der Waals surface area contributed by atoms with E-state index in [1.54, 1.807) is 88.0 Å². The van der Waals surface area contributed by atoms with E-state index < -0.39 is 46.8 Å². The monoisotopic (exact) mass is 801 g/mol. The van der Waals surface area contributed by atoms with Crippen molar-refractivity contribution in [1.82, 2.24) is 36.4 Å². The number of carbonyl (C=O) groups is 6. The molecule has 18 heteroatoms. The molecule has 0 aromatic heterocycles. The average Bonchev–Trinajstić information content (AvgIpc) is 2.99. The molecule has 7 amide bonds. The van der Waals surface area contributed by atoms with Crippen molar-refractivity contribution in [3.8, 4) is 0 Å². The van der Waals surface area contributed by atoms with Crippen LogP contribution in [0.25, 0.3) is 0 Å². The van der Waals surface area contributed by atoms with E-state index in [2.05, 4.69) is 31.6 Å². The maximum Gasteiger partial charge on any atom is 0.414 e. The molecule has 0 bridgehead atoms. The topological polar surface area (TPSA) is 218 Å². The molecule has 0 radical (unpaired) electrons. The number of unbranched alkanes of at least 4 members (excludes halogenated alkanes) is 4. The fourth-order valence-electron chi connectivity index (χ4n) is 4.42. The van der Waals surface area contributed by atoms with Crippen molar-refractivity contribution in [2.24, 2.45) is 4.99 Å². The summed E-state index contributed by atoms with van der Waals surface area (Å²) in [6.45, 7) is 23.2. The van der Waals surface area contributed by atoms with Crippen molar-refractivity contribution < 1.29 is 47.7 Å². The van der Waals surface area contributed by atoms with Gasteiger partial charge in [0, 0.05) is 46.3 Å². The van der Waals surface area contributed by atoms with Crippen LogP contribution in [0.5, 0.6) is 0 Å². The number of likely N-dealkylation sites (N-methyl/N-ethyl adjacent to an activating group) is 1. The molecular formula is C38H72N8O10. The molecule has 0 unspecified atom stereocenters. The molecule has 324 valence electrons. The molecule has 0 aliphatic rings. The van der Waals surface area contributed by atoms with Crippen molar-refractivity contribution in [3.63, 3.8) is 0 Å². The smallest absolute Gasteiger partial charge is 0.414 e. The Hall–Kier alpha value is -4.51. The number of aliphatic imine (C=N–C) groups is 1. The number of alkyl carbamates (subject to hydrolysis) is 3. The largest absolute Gasteiger partial charge is 0.444 e. The van der Waals surface area contributed by atoms with Crippen LogP contribution in [-0.2, 0) is 23.7 Å². The van der Waals surface area contributed by atoms with Crippen molar-refractivity contribution >= 4 is 42.3 Å². The third kappa shape index (κ3) is 30.8. The summed E-state index contributed by atoms with van der Waals surface area (Å²) in [6.07, 6.45) is 2.17. The van der Waals surface area contributed by atoms with Crippen LogP contribution >= 0.6 is 0 Å². The lowest BCUT2D eigenvalue weighted by Gasteiger charge is -2.27. The lowest BCUT2D eigenvalue weighted by atomic mass is 10.2. The molecule has 0 atom stereocenters. The molecule has 0 aliphatic carbocycles. The SMILES string of the molecule is CN(CC(=O)NCCCCCCN=C(NC(=O)OC(C)(C)C)NC(=O)OC(C)(C)C)C(=O)NCCCCN(CCCNC(=O)OC(C)(C)C)C(=O)OC(C)(C)C. The highest BCUT2D eigenvalue weighted by atomic mass is 16.6. The van der Waals surface area contributed by atoms with Gasteiger partial charge in [0.15, 0.2) is 0 Å². The van der Waals surface area contributed by atoms with Gasteiger partial charge in [-0.15, -0.1) is 0 Å². The quantitative estimate of drug-likeness (QED) is 0.0497. The fourth-order valence-corrected chi connectivity index (χ4v) is 4.42. The number of hydrogen-bond acceptors (Lipinski definition) is 11. The number of guanidine groups is 1. The summed E-state index contributed by atoms with van der Waals surface area (Å²) >= 11 is 0. The van der Waals surface area contributed by atoms with Crippen LogP contribution in [-0.4, -0.2) is 127 Å². The molecule has 0 rings (SSSR count). The zero-order valence-corrected chi connectivity index (χ0v) is 36.3. The predicted octanol–water partition coefficient (Wildman–Crippen LogP) is 5.64. The average molecular weight is 801 g/mol. The maximum atomic E-state index is 12.8. The minimum absolute atomic E-state index is 0.0723. The summed E-state index contributed by atoms with van der Waals surface area (Å²) in [5, 5.41) is 13.2. The molecule has 18 nitrogen and oxygen atoms in total. The molecule has 0 aromatic rings. The number of rotatable bonds is 18. The zero-order chi connectivity index (χ0) is 43.2. The summed E-state index contributed by atoms with van der Waals surface area (Å²) in [6, 6.07) is -0.389. The van der Waals surface area contributed by atoms with Crippen LogP contribution in [0.3, 0.4) is 0 Å². The Balaban J connectivity index is 4.54. The first kappa shape index (κ1) is 51.5. The summed E-state index contributed by atoms with van der Waals surface area (Å²) in [7, 11) is 1.54. The minimum Gasteiger partial charge on any atom is -0.444 e. The number of urea groups is 1. The van der Waals surface area contributed by atoms with Crippen molar-refractivity contribution in [1.29, 1.82) is 0 Å². The summed E-state index contributed by atoms with van der Waals surface area (Å²) < 4.78 is 21.3. The van der Waals surface area contributed by atoms with Crippen LogP contribution in [0.2, 0.25) is 0 Å². The molecular weight excluding hydrogens is 728 g/mol. The van der Waals surface area contributed by atoms with Gasteiger partial charge in [-0.25, -0.2) is 24.0 Å². The lowest BCUT2D eigenvalue weighted by Crippen LogP contribution is -2.47. The van der Waals surface area contributed by atoms with E-state index in [9.17, 15) is 28.8 Å². The van der Waals surface area contributed by atoms with E-state index in [0.717, 1.165) is 12.8 Å². The lowest BCUT2D eigenvalue weighted by molar-refractivity contribution is -0.121. The van der Waals surface area contributed by atoms with Gasteiger partial charge in [-0.1, -0.05) is 12.8 Å². The first-order valence-electron chi connectivity index (χ1n) is 19.4. The third-order valence-electron chi connectivity index (χ3n) is 6.70. The Labute approximate surface area is 334 Å². The van der Waals surface area contributed by atoms with E-state index in [1.165, 1.54) is 11.9 Å². The second-order valence-corrected chi connectivity index (χ2v) is 17.3. The van der Waals surface area contributed by atoms with Gasteiger partial charge in [-0.2, -0.15) is 0 Å². The highest BCUT2D eigenvalue weighted by Crippen LogP contribution is 2.12. The number of ether oxygens (including phenoxy) is 4. The summed E-state index contributed by atoms with van der Waals surface area (Å²) in [5.41, 5.74) is -2.73. The Morgan fingerprint density at radius 1 is 0.518 bits per heavy atom. The van der Waals surface area contributed by atoms with Gasteiger partial charge in [-0.3, -0.25) is 20.4 Å². The number of nitrogens with zero attached hydrogens (tertiary/aromatic N) is 3. The van der Waals surface area contributed by atoms with E-state index in [4.69, 9.17) is 18.9 Å². The highest BCUT2D eigenvalue weighted by Gasteiger charge is 2.23. The second kappa shape index (κ2) is 24.9. The molecule has 0 saturated carbocycles. The maximum absolute atomic E-state index is 12.8. The van der Waals surface area contributed by atoms with Gasteiger partial charge in [0.05, 0.1) is 0 Å². The zero-order valence-electron chi connectivity index (χ0n) is 36.3. The number of carbonyl (C=O) groups excluding carboxylic acids is 6. The highest BCUT2D eigenvalue weighted by molar-refractivity contribution is 6.01. The van der Waals surface area contributed by atoms with Gasteiger partial charge in [0.1, 0.15) is 28.9 Å². The molecule has 0 heterocycles. The van der Waals surface area contributed by atoms with Crippen molar-refractivity contribution in [2.75, 3.05) is 52.9 Å². The normalized spacial score (nSPS) is 11.7. The Morgan fingerprint density at radius 2 is 0.964 bits per heavy atom. The Morgan fingerprint density at radius 3 is 1.50 bits per heavy atom. The van der Waals surface area contributed by atoms with Gasteiger partial charge >= 0.3 is 30.4 Å². The Kier molecular flexibility index (Phi) is 22.9. The van der Waals surface area contributed by atoms with Gasteiger partial charge < -0.3 is 44.7 Å². The van der Waals surface area contributed by atoms with Gasteiger partial charge in [-0.05, 0) is 115 Å². The van der Waals surface area contributed by atoms with Crippen LogP contribution in [0.4, 0.5) is 24.0 Å². The second-order valence-electron chi connectivity index (χ2n) is 17.3. The van der Waals surface area contributed by atoms with E-state index >= 15 is 0 Å². The molecule has 0 fully saturated rings. The van der Waals surface area contributed by atoms with Crippen LogP contribution < -0.4 is 26.6 Å². The fraction of sp³-hybridized carbons (Fsp3) is 0.816. The van der Waals surface area contributed by atoms with Crippen molar-refractivity contribution in [3.05, 3.63) is 0 Å². The number of amides is 7. The minimum atomic E-state index is -0.759. The van der Waals surface area contributed by atoms with Crippen LogP contribution in [0.15, 0.2) is 4.99 Å². The predicted molar refractivity (Wildman–Crippen MR) is 214 cm³/mol. The summed E-state index contributed by atoms with van der Waals surface area (Å²) in [4.78, 5) is 81.3. The number of hydrogen-bond donors (Lipinski definition) is 5. The van der Waals surface area contributed by atoms with Crippen LogP contribution in [0, 0.1) is 0 Å². The first-order chi connectivity index (χ1) is 25.7. The standard InChI is InChI=1S/C38H72N8O10/c1-35(2,3)53-31(49)42-24-20-26-46(34(52)56-38(10,11)12)25-19-18-23-41-30(48)45(13)27-28(47)39-21-16-14-15-17-22-40-29(43-32(50)54-36(4,5)6)44-33(51)55-37(7,8)9/h14-27H2,1-13H3,(H,39,47)(H,41,48)(H,42,49)(H2,40,43,44,50,51). The molecule has 0 aromatic carbocycles. The Bertz CT molecular complexity index is 1250. The summed E-state index contributed by atoms with van der Waals surface area (Å²) in [5.74, 6) is -0.357. The van der Waals surface area contributed by atoms with E-state index in [1.807, 2.05) is 0 Å². The molecule has 5 N–H and O–H groups in total. The first-order valence-corrected chi connectivity index (χ1v) is 19.4. The third-order valence-corrected chi connectivity index (χ3v) is 6.70. The van der Waals surface area contributed by atoms with E-state index in [-0.39, 0.29) is 24.4 Å². The van der Waals surface area contributed by atoms with E-state index in [0.29, 0.717) is 71.4 Å². The molecule has 0 aliphatic heterocycles. The number of nitrogens with one attached hydrogen (secondary N) is 5. The van der Waals surface area contributed by atoms with Crippen LogP contribution in [0.1, 0.15) is 128 Å². The molecule has 56 heavy (non-hydrogen) atoms. The molecule has 0 saturated heterocycles. The van der Waals surface area contributed by atoms with Gasteiger partial charge in [0.25, 0.3) is 0 Å². The van der Waals surface area contributed by atoms with Crippen molar-refractivity contribution in [2.45, 2.75) is 150 Å². The van der Waals surface area contributed by atoms with Gasteiger partial charge in [0.2, 0.25) is 11.9 Å².